The van der Waals surface area contributed by atoms with Gasteiger partial charge in [-0.25, -0.2) is 0 Å². The molecular formula is C18H18N2O2. The van der Waals surface area contributed by atoms with E-state index in [1.807, 2.05) is 55.5 Å². The van der Waals surface area contributed by atoms with Crippen molar-refractivity contribution in [1.29, 1.82) is 0 Å². The summed E-state index contributed by atoms with van der Waals surface area (Å²) in [6, 6.07) is 14.7. The van der Waals surface area contributed by atoms with Crippen LogP contribution in [0.25, 0.3) is 0 Å². The van der Waals surface area contributed by atoms with E-state index in [-0.39, 0.29) is 11.8 Å². The number of hydrogen-bond acceptors (Lipinski definition) is 2. The standard InChI is InChI=1S/C18H18N2O2/c1-12-7-6-10-15-16(12)17(21)19-14(18(22)20(15)2)11-13-8-4-3-5-9-13/h3-10,14H,11H2,1-2H3,(H,19,21)/t14-/m0/s1. The van der Waals surface area contributed by atoms with Crippen molar-refractivity contribution in [2.75, 3.05) is 11.9 Å². The fourth-order valence-corrected chi connectivity index (χ4v) is 2.86. The Morgan fingerprint density at radius 3 is 2.50 bits per heavy atom. The maximum Gasteiger partial charge on any atom is 0.254 e. The monoisotopic (exact) mass is 294 g/mol. The highest BCUT2D eigenvalue weighted by molar-refractivity contribution is 6.11. The molecule has 4 nitrogen and oxygen atoms in total. The third kappa shape index (κ3) is 2.48. The second kappa shape index (κ2) is 5.64. The summed E-state index contributed by atoms with van der Waals surface area (Å²) < 4.78 is 0. The number of hydrogen-bond donors (Lipinski definition) is 1. The summed E-state index contributed by atoms with van der Waals surface area (Å²) in [4.78, 5) is 26.8. The molecule has 1 aliphatic heterocycles. The Balaban J connectivity index is 1.97. The Morgan fingerprint density at radius 2 is 1.77 bits per heavy atom. The molecule has 4 heteroatoms. The lowest BCUT2D eigenvalue weighted by atomic mass is 10.0. The minimum absolute atomic E-state index is 0.0958. The first-order valence-electron chi connectivity index (χ1n) is 7.30. The van der Waals surface area contributed by atoms with Gasteiger partial charge in [-0.15, -0.1) is 0 Å². The highest BCUT2D eigenvalue weighted by Crippen LogP contribution is 2.26. The normalized spacial score (nSPS) is 17.7. The molecule has 1 aliphatic rings. The van der Waals surface area contributed by atoms with Crippen molar-refractivity contribution in [1.82, 2.24) is 5.32 Å². The molecule has 0 unspecified atom stereocenters. The molecule has 1 heterocycles. The Hall–Kier alpha value is -2.62. The largest absolute Gasteiger partial charge is 0.340 e. The van der Waals surface area contributed by atoms with Gasteiger partial charge in [-0.1, -0.05) is 42.5 Å². The second-order valence-electron chi connectivity index (χ2n) is 5.58. The number of fused-ring (bicyclic) bond motifs is 1. The van der Waals surface area contributed by atoms with Crippen LogP contribution < -0.4 is 10.2 Å². The van der Waals surface area contributed by atoms with Crippen LogP contribution in [0.3, 0.4) is 0 Å². The van der Waals surface area contributed by atoms with E-state index >= 15 is 0 Å². The molecule has 2 amide bonds. The van der Waals surface area contributed by atoms with Gasteiger partial charge < -0.3 is 10.2 Å². The quantitative estimate of drug-likeness (QED) is 0.924. The number of nitrogens with zero attached hydrogens (tertiary/aromatic N) is 1. The zero-order valence-corrected chi connectivity index (χ0v) is 12.7. The van der Waals surface area contributed by atoms with Crippen molar-refractivity contribution < 1.29 is 9.59 Å². The van der Waals surface area contributed by atoms with Crippen molar-refractivity contribution in [2.45, 2.75) is 19.4 Å². The van der Waals surface area contributed by atoms with Crippen molar-refractivity contribution in [3.05, 3.63) is 65.2 Å². The number of amides is 2. The molecule has 112 valence electrons. The van der Waals surface area contributed by atoms with Gasteiger partial charge in [0.25, 0.3) is 5.91 Å². The van der Waals surface area contributed by atoms with Crippen LogP contribution in [0.15, 0.2) is 48.5 Å². The molecule has 0 aliphatic carbocycles. The van der Waals surface area contributed by atoms with Gasteiger partial charge in [0, 0.05) is 13.5 Å². The van der Waals surface area contributed by atoms with Crippen LogP contribution in [0.4, 0.5) is 5.69 Å². The summed E-state index contributed by atoms with van der Waals surface area (Å²) in [5.74, 6) is -0.284. The maximum atomic E-state index is 12.7. The highest BCUT2D eigenvalue weighted by atomic mass is 16.2. The predicted molar refractivity (Wildman–Crippen MR) is 86.0 cm³/mol. The van der Waals surface area contributed by atoms with Gasteiger partial charge in [-0.3, -0.25) is 9.59 Å². The smallest absolute Gasteiger partial charge is 0.254 e. The van der Waals surface area contributed by atoms with Crippen LogP contribution in [-0.2, 0) is 11.2 Å². The van der Waals surface area contributed by atoms with Gasteiger partial charge in [0.2, 0.25) is 5.91 Å². The first kappa shape index (κ1) is 14.3. The summed E-state index contributed by atoms with van der Waals surface area (Å²) in [7, 11) is 1.72. The Bertz CT molecular complexity index is 725. The van der Waals surface area contributed by atoms with Gasteiger partial charge in [0.15, 0.2) is 0 Å². The van der Waals surface area contributed by atoms with Crippen molar-refractivity contribution in [3.8, 4) is 0 Å². The number of nitrogens with one attached hydrogen (secondary N) is 1. The molecule has 2 aromatic rings. The van der Waals surface area contributed by atoms with Crippen molar-refractivity contribution in [2.24, 2.45) is 0 Å². The third-order valence-corrected chi connectivity index (χ3v) is 4.06. The number of benzene rings is 2. The number of rotatable bonds is 2. The van der Waals surface area contributed by atoms with Gasteiger partial charge in [-0.2, -0.15) is 0 Å². The molecule has 0 spiro atoms. The molecule has 0 fully saturated rings. The van der Waals surface area contributed by atoms with Crippen LogP contribution >= 0.6 is 0 Å². The molecule has 0 bridgehead atoms. The Kier molecular flexibility index (Phi) is 3.67. The number of anilines is 1. The van der Waals surface area contributed by atoms with Crippen LogP contribution in [0.1, 0.15) is 21.5 Å². The minimum Gasteiger partial charge on any atom is -0.340 e. The number of carbonyl (C=O) groups excluding carboxylic acids is 2. The van der Waals surface area contributed by atoms with Gasteiger partial charge in [0.1, 0.15) is 6.04 Å². The molecule has 1 N–H and O–H groups in total. The number of likely N-dealkylation sites (N-methyl/N-ethyl adjacent to an activating group) is 1. The first-order valence-corrected chi connectivity index (χ1v) is 7.30. The highest BCUT2D eigenvalue weighted by Gasteiger charge is 2.32. The van der Waals surface area contributed by atoms with E-state index < -0.39 is 6.04 Å². The molecule has 3 rings (SSSR count). The lowest BCUT2D eigenvalue weighted by molar-refractivity contribution is -0.120. The van der Waals surface area contributed by atoms with Crippen molar-refractivity contribution in [3.63, 3.8) is 0 Å². The first-order chi connectivity index (χ1) is 10.6. The zero-order chi connectivity index (χ0) is 15.7. The maximum absolute atomic E-state index is 12.7. The molecule has 22 heavy (non-hydrogen) atoms. The van der Waals surface area contributed by atoms with E-state index in [0.29, 0.717) is 17.7 Å². The molecule has 0 saturated heterocycles. The molecule has 2 aromatic carbocycles. The third-order valence-electron chi connectivity index (χ3n) is 4.06. The zero-order valence-electron chi connectivity index (χ0n) is 12.7. The summed E-state index contributed by atoms with van der Waals surface area (Å²) in [6.45, 7) is 1.88. The van der Waals surface area contributed by atoms with Crippen molar-refractivity contribution >= 4 is 17.5 Å². The minimum atomic E-state index is -0.549. The predicted octanol–water partition coefficient (Wildman–Crippen LogP) is 2.31. The van der Waals surface area contributed by atoms with E-state index in [9.17, 15) is 9.59 Å². The summed E-state index contributed by atoms with van der Waals surface area (Å²) in [5.41, 5.74) is 3.14. The van der Waals surface area contributed by atoms with Crippen LogP contribution in [0.5, 0.6) is 0 Å². The molecule has 0 saturated carbocycles. The topological polar surface area (TPSA) is 49.4 Å². The van der Waals surface area contributed by atoms with Gasteiger partial charge in [-0.05, 0) is 24.1 Å². The summed E-state index contributed by atoms with van der Waals surface area (Å²) >= 11 is 0. The summed E-state index contributed by atoms with van der Waals surface area (Å²) in [6.07, 6.45) is 0.489. The molecular weight excluding hydrogens is 276 g/mol. The van der Waals surface area contributed by atoms with Crippen LogP contribution in [0.2, 0.25) is 0 Å². The van der Waals surface area contributed by atoms with Crippen LogP contribution in [-0.4, -0.2) is 24.9 Å². The fraction of sp³-hybridized carbons (Fsp3) is 0.222. The van der Waals surface area contributed by atoms with Gasteiger partial charge in [0.05, 0.1) is 11.3 Å². The fourth-order valence-electron chi connectivity index (χ4n) is 2.86. The lowest BCUT2D eigenvalue weighted by Crippen LogP contribution is -2.45. The molecule has 0 aromatic heterocycles. The van der Waals surface area contributed by atoms with Crippen LogP contribution in [0, 0.1) is 6.92 Å². The molecule has 1 atom stereocenters. The lowest BCUT2D eigenvalue weighted by Gasteiger charge is -2.21. The average molecular weight is 294 g/mol. The SMILES string of the molecule is Cc1cccc2c1C(=O)N[C@@H](Cc1ccccc1)C(=O)N2C. The molecule has 0 radical (unpaired) electrons. The average Bonchev–Trinajstić information content (AvgIpc) is 2.61. The van der Waals surface area contributed by atoms with E-state index in [1.54, 1.807) is 11.9 Å². The Morgan fingerprint density at radius 1 is 1.05 bits per heavy atom. The van der Waals surface area contributed by atoms with E-state index in [4.69, 9.17) is 0 Å². The van der Waals surface area contributed by atoms with Gasteiger partial charge >= 0.3 is 0 Å². The van der Waals surface area contributed by atoms with E-state index in [0.717, 1.165) is 11.1 Å². The Labute approximate surface area is 129 Å². The summed E-state index contributed by atoms with van der Waals surface area (Å²) in [5, 5.41) is 2.87. The van der Waals surface area contributed by atoms with E-state index in [1.165, 1.54) is 0 Å². The van der Waals surface area contributed by atoms with E-state index in [2.05, 4.69) is 5.32 Å². The second-order valence-corrected chi connectivity index (χ2v) is 5.58. The number of aryl methyl sites for hydroxylation is 1. The number of carbonyl (C=O) groups is 2.